The second kappa shape index (κ2) is 9.71. The van der Waals surface area contributed by atoms with Gasteiger partial charge < -0.3 is 13.6 Å². The number of aromatic nitrogens is 2. The molecule has 4 nitrogen and oxygen atoms in total. The van der Waals surface area contributed by atoms with Crippen LogP contribution in [0.3, 0.4) is 0 Å². The SMILES string of the molecule is N#Cc1cccc(-n2c3ccccc3c3cc(-c4ccc5oc6ccc(-n7c8ccccc8c8ccccc87)cc6c5c4)ccc32)c1. The van der Waals surface area contributed by atoms with E-state index < -0.39 is 0 Å². The third-order valence-corrected chi connectivity index (χ3v) is 9.53. The van der Waals surface area contributed by atoms with Crippen LogP contribution in [-0.2, 0) is 0 Å². The van der Waals surface area contributed by atoms with E-state index >= 15 is 0 Å². The van der Waals surface area contributed by atoms with Crippen molar-refractivity contribution in [3.63, 3.8) is 0 Å². The largest absolute Gasteiger partial charge is 0.456 e. The molecular formula is C43H25N3O. The van der Waals surface area contributed by atoms with Crippen molar-refractivity contribution in [2.45, 2.75) is 0 Å². The summed E-state index contributed by atoms with van der Waals surface area (Å²) in [5.74, 6) is 0. The Morgan fingerprint density at radius 1 is 0.404 bits per heavy atom. The summed E-state index contributed by atoms with van der Waals surface area (Å²) >= 11 is 0. The highest BCUT2D eigenvalue weighted by Crippen LogP contribution is 2.39. The maximum absolute atomic E-state index is 9.55. The predicted molar refractivity (Wildman–Crippen MR) is 193 cm³/mol. The van der Waals surface area contributed by atoms with Crippen LogP contribution in [0, 0.1) is 11.3 Å². The van der Waals surface area contributed by atoms with Crippen LogP contribution >= 0.6 is 0 Å². The molecule has 0 aliphatic carbocycles. The summed E-state index contributed by atoms with van der Waals surface area (Å²) in [7, 11) is 0. The molecule has 0 aliphatic rings. The molecule has 0 saturated carbocycles. The molecule has 0 radical (unpaired) electrons. The van der Waals surface area contributed by atoms with Gasteiger partial charge >= 0.3 is 0 Å². The van der Waals surface area contributed by atoms with Gasteiger partial charge in [0.2, 0.25) is 0 Å². The zero-order valence-corrected chi connectivity index (χ0v) is 25.2. The third kappa shape index (κ3) is 3.75. The first-order chi connectivity index (χ1) is 23.2. The van der Waals surface area contributed by atoms with Gasteiger partial charge in [0.1, 0.15) is 11.2 Å². The fraction of sp³-hybridized carbons (Fsp3) is 0. The molecule has 10 rings (SSSR count). The van der Waals surface area contributed by atoms with E-state index in [1.165, 1.54) is 32.6 Å². The van der Waals surface area contributed by atoms with Gasteiger partial charge in [0.05, 0.1) is 33.7 Å². The molecule has 0 atom stereocenters. The molecule has 0 N–H and O–H groups in total. The van der Waals surface area contributed by atoms with E-state index in [9.17, 15) is 5.26 Å². The number of nitriles is 1. The maximum Gasteiger partial charge on any atom is 0.135 e. The number of hydrogen-bond donors (Lipinski definition) is 0. The molecule has 0 aliphatic heterocycles. The summed E-state index contributed by atoms with van der Waals surface area (Å²) < 4.78 is 11.0. The molecule has 3 aromatic heterocycles. The van der Waals surface area contributed by atoms with E-state index in [-0.39, 0.29) is 0 Å². The van der Waals surface area contributed by atoms with Crippen LogP contribution in [-0.4, -0.2) is 9.13 Å². The number of para-hydroxylation sites is 3. The average molecular weight is 600 g/mol. The van der Waals surface area contributed by atoms with Gasteiger partial charge in [-0.1, -0.05) is 72.8 Å². The first kappa shape index (κ1) is 25.7. The van der Waals surface area contributed by atoms with Crippen molar-refractivity contribution in [1.82, 2.24) is 9.13 Å². The lowest BCUT2D eigenvalue weighted by Crippen LogP contribution is -1.94. The van der Waals surface area contributed by atoms with Crippen molar-refractivity contribution in [3.8, 4) is 28.6 Å². The van der Waals surface area contributed by atoms with E-state index in [1.807, 2.05) is 18.2 Å². The normalized spacial score (nSPS) is 11.8. The van der Waals surface area contributed by atoms with E-state index in [0.717, 1.165) is 55.5 Å². The van der Waals surface area contributed by atoms with Gasteiger partial charge in [0.15, 0.2) is 0 Å². The Labute approximate surface area is 269 Å². The molecule has 0 unspecified atom stereocenters. The number of hydrogen-bond acceptors (Lipinski definition) is 2. The lowest BCUT2D eigenvalue weighted by molar-refractivity contribution is 0.669. The standard InChI is InChI=1S/C43H25N3O/c44-26-27-8-7-9-30(22-27)45-40-15-6-3-12-34(40)35-23-28(16-19-41(35)45)29-17-20-42-36(24-29)37-25-31(18-21-43(37)47-42)46-38-13-4-1-10-32(38)33-11-2-5-14-39(33)46/h1-25H. The molecule has 0 fully saturated rings. The van der Waals surface area contributed by atoms with Gasteiger partial charge in [-0.15, -0.1) is 0 Å². The van der Waals surface area contributed by atoms with E-state index in [1.54, 1.807) is 0 Å². The fourth-order valence-electron chi connectivity index (χ4n) is 7.43. The van der Waals surface area contributed by atoms with E-state index in [0.29, 0.717) is 5.56 Å². The minimum atomic E-state index is 0.645. The van der Waals surface area contributed by atoms with Crippen molar-refractivity contribution in [2.75, 3.05) is 0 Å². The minimum Gasteiger partial charge on any atom is -0.456 e. The summed E-state index contributed by atoms with van der Waals surface area (Å²) in [6.07, 6.45) is 0. The molecule has 10 aromatic rings. The van der Waals surface area contributed by atoms with Crippen LogP contribution in [0.4, 0.5) is 0 Å². The number of furan rings is 1. The fourth-order valence-corrected chi connectivity index (χ4v) is 7.43. The first-order valence-corrected chi connectivity index (χ1v) is 15.7. The highest BCUT2D eigenvalue weighted by molar-refractivity contribution is 6.12. The summed E-state index contributed by atoms with van der Waals surface area (Å²) in [6.45, 7) is 0. The van der Waals surface area contributed by atoms with Crippen molar-refractivity contribution in [1.29, 1.82) is 5.26 Å². The summed E-state index contributed by atoms with van der Waals surface area (Å²) in [6, 6.07) is 55.4. The van der Waals surface area contributed by atoms with Crippen molar-refractivity contribution in [2.24, 2.45) is 0 Å². The van der Waals surface area contributed by atoms with Gasteiger partial charge in [-0.05, 0) is 90.0 Å². The summed E-state index contributed by atoms with van der Waals surface area (Å²) in [4.78, 5) is 0. The Balaban J connectivity index is 1.15. The minimum absolute atomic E-state index is 0.645. The number of rotatable bonds is 3. The van der Waals surface area contributed by atoms with E-state index in [2.05, 4.69) is 149 Å². The zero-order chi connectivity index (χ0) is 31.1. The van der Waals surface area contributed by atoms with Crippen molar-refractivity contribution < 1.29 is 4.42 Å². The Morgan fingerprint density at radius 2 is 0.915 bits per heavy atom. The Hall–Kier alpha value is -6.57. The van der Waals surface area contributed by atoms with Crippen LogP contribution in [0.2, 0.25) is 0 Å². The zero-order valence-electron chi connectivity index (χ0n) is 25.2. The smallest absolute Gasteiger partial charge is 0.135 e. The van der Waals surface area contributed by atoms with Gasteiger partial charge in [0.25, 0.3) is 0 Å². The van der Waals surface area contributed by atoms with Gasteiger partial charge in [-0.3, -0.25) is 0 Å². The van der Waals surface area contributed by atoms with Crippen LogP contribution in [0.1, 0.15) is 5.56 Å². The van der Waals surface area contributed by atoms with Crippen LogP contribution in [0.15, 0.2) is 156 Å². The molecule has 3 heterocycles. The molecule has 0 amide bonds. The highest BCUT2D eigenvalue weighted by atomic mass is 16.3. The Bertz CT molecular complexity index is 2880. The van der Waals surface area contributed by atoms with Gasteiger partial charge in [-0.25, -0.2) is 0 Å². The second-order valence-corrected chi connectivity index (χ2v) is 12.1. The highest BCUT2D eigenvalue weighted by Gasteiger charge is 2.16. The number of nitrogens with zero attached hydrogens (tertiary/aromatic N) is 3. The van der Waals surface area contributed by atoms with Crippen LogP contribution in [0.25, 0.3) is 88.1 Å². The topological polar surface area (TPSA) is 46.8 Å². The van der Waals surface area contributed by atoms with Crippen molar-refractivity contribution >= 4 is 65.6 Å². The average Bonchev–Trinajstić information content (AvgIpc) is 3.78. The Morgan fingerprint density at radius 3 is 1.57 bits per heavy atom. The summed E-state index contributed by atoms with van der Waals surface area (Å²) in [5, 5.41) is 16.6. The van der Waals surface area contributed by atoms with Gasteiger partial charge in [-0.2, -0.15) is 5.26 Å². The van der Waals surface area contributed by atoms with Gasteiger partial charge in [0, 0.05) is 43.7 Å². The predicted octanol–water partition coefficient (Wildman–Crippen LogP) is 11.3. The summed E-state index contributed by atoms with van der Waals surface area (Å²) in [5.41, 5.74) is 11.4. The monoisotopic (exact) mass is 599 g/mol. The molecule has 4 heteroatoms. The van der Waals surface area contributed by atoms with Crippen molar-refractivity contribution in [3.05, 3.63) is 157 Å². The molecule has 0 spiro atoms. The molecule has 0 bridgehead atoms. The molecule has 7 aromatic carbocycles. The maximum atomic E-state index is 9.55. The molecule has 218 valence electrons. The van der Waals surface area contributed by atoms with E-state index in [4.69, 9.17) is 4.42 Å². The molecule has 0 saturated heterocycles. The Kier molecular flexibility index (Phi) is 5.32. The lowest BCUT2D eigenvalue weighted by Gasteiger charge is -2.09. The first-order valence-electron chi connectivity index (χ1n) is 15.7. The third-order valence-electron chi connectivity index (χ3n) is 9.53. The van der Waals surface area contributed by atoms with Crippen LogP contribution < -0.4 is 0 Å². The molecule has 47 heavy (non-hydrogen) atoms. The number of benzene rings is 7. The quantitative estimate of drug-likeness (QED) is 0.203. The molecular weight excluding hydrogens is 574 g/mol. The second-order valence-electron chi connectivity index (χ2n) is 12.1. The lowest BCUT2D eigenvalue weighted by atomic mass is 10.0. The number of fused-ring (bicyclic) bond motifs is 9. The van der Waals surface area contributed by atoms with Crippen LogP contribution in [0.5, 0.6) is 0 Å².